The van der Waals surface area contributed by atoms with Gasteiger partial charge in [0.25, 0.3) is 0 Å². The van der Waals surface area contributed by atoms with E-state index < -0.39 is 0 Å². The molecule has 0 saturated heterocycles. The Morgan fingerprint density at radius 1 is 1.12 bits per heavy atom. The topological polar surface area (TPSA) is 25.2 Å². The van der Waals surface area contributed by atoms with Crippen LogP contribution in [-0.2, 0) is 0 Å². The molecule has 1 N–H and O–H groups in total. The van der Waals surface area contributed by atoms with Crippen LogP contribution in [0.2, 0.25) is 0 Å². The Morgan fingerprint density at radius 2 is 1.81 bits per heavy atom. The third-order valence-corrected chi connectivity index (χ3v) is 2.57. The highest BCUT2D eigenvalue weighted by molar-refractivity contribution is 5.49. The van der Waals surface area contributed by atoms with Gasteiger partial charge in [-0.15, -0.1) is 0 Å². The fraction of sp³-hybridized carbons (Fsp3) is 0.286. The Kier molecular flexibility index (Phi) is 3.00. The van der Waals surface area contributed by atoms with Crippen molar-refractivity contribution >= 4 is 5.69 Å². The predicted molar refractivity (Wildman–Crippen MR) is 66.7 cm³/mol. The summed E-state index contributed by atoms with van der Waals surface area (Å²) in [5.41, 5.74) is 3.68. The lowest BCUT2D eigenvalue weighted by Gasteiger charge is -2.14. The first-order valence-electron chi connectivity index (χ1n) is 5.53. The van der Waals surface area contributed by atoms with E-state index in [2.05, 4.69) is 44.3 Å². The maximum absolute atomic E-state index is 5.37. The molecule has 0 aliphatic heterocycles. The molecule has 0 aliphatic carbocycles. The lowest BCUT2D eigenvalue weighted by atomic mass is 10.1. The number of benzene rings is 1. The number of anilines is 1. The van der Waals surface area contributed by atoms with Crippen LogP contribution < -0.4 is 5.32 Å². The van der Waals surface area contributed by atoms with Gasteiger partial charge in [0.2, 0.25) is 0 Å². The SMILES string of the molecule is Cc1cc(C)cc(NC(C)c2ccco2)c1. The van der Waals surface area contributed by atoms with Crippen molar-refractivity contribution in [2.75, 3.05) is 5.32 Å². The highest BCUT2D eigenvalue weighted by Crippen LogP contribution is 2.21. The maximum Gasteiger partial charge on any atom is 0.125 e. The summed E-state index contributed by atoms with van der Waals surface area (Å²) in [6, 6.07) is 10.5. The molecule has 1 heterocycles. The second-order valence-electron chi connectivity index (χ2n) is 4.26. The first-order chi connectivity index (χ1) is 7.65. The van der Waals surface area contributed by atoms with Crippen LogP contribution in [0.1, 0.15) is 29.9 Å². The van der Waals surface area contributed by atoms with Crippen LogP contribution in [0.5, 0.6) is 0 Å². The number of rotatable bonds is 3. The van der Waals surface area contributed by atoms with Gasteiger partial charge in [0.05, 0.1) is 12.3 Å². The molecule has 0 radical (unpaired) electrons. The summed E-state index contributed by atoms with van der Waals surface area (Å²) in [6.07, 6.45) is 1.70. The molecule has 0 spiro atoms. The Bertz CT molecular complexity index is 439. The molecule has 2 aromatic rings. The van der Waals surface area contributed by atoms with Crippen LogP contribution in [0.3, 0.4) is 0 Å². The lowest BCUT2D eigenvalue weighted by molar-refractivity contribution is 0.490. The monoisotopic (exact) mass is 215 g/mol. The summed E-state index contributed by atoms with van der Waals surface area (Å²) in [6.45, 7) is 6.31. The smallest absolute Gasteiger partial charge is 0.125 e. The molecule has 0 bridgehead atoms. The molecule has 0 fully saturated rings. The van der Waals surface area contributed by atoms with Crippen molar-refractivity contribution in [3.05, 3.63) is 53.5 Å². The summed E-state index contributed by atoms with van der Waals surface area (Å²) in [4.78, 5) is 0. The van der Waals surface area contributed by atoms with Crippen LogP contribution in [-0.4, -0.2) is 0 Å². The fourth-order valence-corrected chi connectivity index (χ4v) is 1.92. The van der Waals surface area contributed by atoms with Crippen molar-refractivity contribution in [2.45, 2.75) is 26.8 Å². The molecule has 1 unspecified atom stereocenters. The third-order valence-electron chi connectivity index (χ3n) is 2.57. The van der Waals surface area contributed by atoms with E-state index in [1.54, 1.807) is 6.26 Å². The van der Waals surface area contributed by atoms with Gasteiger partial charge in [-0.3, -0.25) is 0 Å². The average Bonchev–Trinajstić information content (AvgIpc) is 2.68. The Hall–Kier alpha value is -1.70. The Morgan fingerprint density at radius 3 is 2.38 bits per heavy atom. The normalized spacial score (nSPS) is 12.4. The molecule has 2 rings (SSSR count). The van der Waals surface area contributed by atoms with Crippen LogP contribution in [0.25, 0.3) is 0 Å². The third kappa shape index (κ3) is 2.45. The molecule has 2 nitrogen and oxygen atoms in total. The van der Waals surface area contributed by atoms with Crippen molar-refractivity contribution in [3.63, 3.8) is 0 Å². The van der Waals surface area contributed by atoms with Gasteiger partial charge in [0.15, 0.2) is 0 Å². The Labute approximate surface area is 96.3 Å². The fourth-order valence-electron chi connectivity index (χ4n) is 1.92. The van der Waals surface area contributed by atoms with Crippen LogP contribution in [0.15, 0.2) is 41.0 Å². The largest absolute Gasteiger partial charge is 0.467 e. The van der Waals surface area contributed by atoms with Gasteiger partial charge in [-0.25, -0.2) is 0 Å². The summed E-state index contributed by atoms with van der Waals surface area (Å²) in [5, 5.41) is 3.43. The number of nitrogens with one attached hydrogen (secondary N) is 1. The van der Waals surface area contributed by atoms with E-state index in [4.69, 9.17) is 4.42 Å². The summed E-state index contributed by atoms with van der Waals surface area (Å²) in [7, 11) is 0. The first kappa shape index (κ1) is 10.8. The van der Waals surface area contributed by atoms with E-state index in [0.717, 1.165) is 11.4 Å². The Balaban J connectivity index is 2.15. The van der Waals surface area contributed by atoms with Crippen molar-refractivity contribution < 1.29 is 4.42 Å². The van der Waals surface area contributed by atoms with Crippen molar-refractivity contribution in [1.29, 1.82) is 0 Å². The summed E-state index contributed by atoms with van der Waals surface area (Å²) >= 11 is 0. The first-order valence-corrected chi connectivity index (χ1v) is 5.53. The number of hydrogen-bond donors (Lipinski definition) is 1. The zero-order chi connectivity index (χ0) is 11.5. The van der Waals surface area contributed by atoms with E-state index in [1.165, 1.54) is 11.1 Å². The van der Waals surface area contributed by atoms with Crippen molar-refractivity contribution in [2.24, 2.45) is 0 Å². The lowest BCUT2D eigenvalue weighted by Crippen LogP contribution is -2.05. The van der Waals surface area contributed by atoms with Gasteiger partial charge < -0.3 is 9.73 Å². The van der Waals surface area contributed by atoms with Crippen molar-refractivity contribution in [1.82, 2.24) is 0 Å². The molecule has 0 saturated carbocycles. The molecule has 2 heteroatoms. The highest BCUT2D eigenvalue weighted by atomic mass is 16.3. The quantitative estimate of drug-likeness (QED) is 0.834. The molecule has 1 aromatic heterocycles. The van der Waals surface area contributed by atoms with E-state index in [9.17, 15) is 0 Å². The molecule has 1 atom stereocenters. The van der Waals surface area contributed by atoms with Crippen LogP contribution in [0, 0.1) is 13.8 Å². The average molecular weight is 215 g/mol. The summed E-state index contributed by atoms with van der Waals surface area (Å²) in [5.74, 6) is 0.958. The molecule has 1 aromatic carbocycles. The van der Waals surface area contributed by atoms with Crippen molar-refractivity contribution in [3.8, 4) is 0 Å². The molecule has 0 aliphatic rings. The van der Waals surface area contributed by atoms with E-state index in [-0.39, 0.29) is 6.04 Å². The zero-order valence-corrected chi connectivity index (χ0v) is 9.95. The van der Waals surface area contributed by atoms with Gasteiger partial charge in [0, 0.05) is 5.69 Å². The van der Waals surface area contributed by atoms with E-state index in [1.807, 2.05) is 12.1 Å². The standard InChI is InChI=1S/C14H17NO/c1-10-7-11(2)9-13(8-10)15-12(3)14-5-4-6-16-14/h4-9,12,15H,1-3H3. The zero-order valence-electron chi connectivity index (χ0n) is 9.95. The van der Waals surface area contributed by atoms with Gasteiger partial charge in [0.1, 0.15) is 5.76 Å². The van der Waals surface area contributed by atoms with Gasteiger partial charge in [-0.2, -0.15) is 0 Å². The highest BCUT2D eigenvalue weighted by Gasteiger charge is 2.07. The number of furan rings is 1. The molecule has 84 valence electrons. The second-order valence-corrected chi connectivity index (χ2v) is 4.26. The molecule has 0 amide bonds. The predicted octanol–water partition coefficient (Wildman–Crippen LogP) is 4.07. The summed E-state index contributed by atoms with van der Waals surface area (Å²) < 4.78 is 5.37. The second kappa shape index (κ2) is 4.44. The van der Waals surface area contributed by atoms with Crippen LogP contribution >= 0.6 is 0 Å². The van der Waals surface area contributed by atoms with E-state index >= 15 is 0 Å². The maximum atomic E-state index is 5.37. The van der Waals surface area contributed by atoms with Gasteiger partial charge >= 0.3 is 0 Å². The number of aryl methyl sites for hydroxylation is 2. The minimum Gasteiger partial charge on any atom is -0.467 e. The molecular weight excluding hydrogens is 198 g/mol. The van der Waals surface area contributed by atoms with E-state index in [0.29, 0.717) is 0 Å². The minimum atomic E-state index is 0.191. The van der Waals surface area contributed by atoms with Gasteiger partial charge in [-0.1, -0.05) is 6.07 Å². The molecule has 16 heavy (non-hydrogen) atoms. The van der Waals surface area contributed by atoms with Gasteiger partial charge in [-0.05, 0) is 56.2 Å². The number of hydrogen-bond acceptors (Lipinski definition) is 2. The van der Waals surface area contributed by atoms with Crippen LogP contribution in [0.4, 0.5) is 5.69 Å². The molecular formula is C14H17NO. The minimum absolute atomic E-state index is 0.191.